The van der Waals surface area contributed by atoms with Crippen molar-refractivity contribution in [2.75, 3.05) is 18.4 Å². The molecule has 0 bridgehead atoms. The fourth-order valence-corrected chi connectivity index (χ4v) is 4.33. The minimum Gasteiger partial charge on any atom is -0.343 e. The monoisotopic (exact) mass is 356 g/mol. The number of nitrogens with one attached hydrogen (secondary N) is 1. The van der Waals surface area contributed by atoms with Gasteiger partial charge in [0.1, 0.15) is 0 Å². The quantitative estimate of drug-likeness (QED) is 0.809. The van der Waals surface area contributed by atoms with Gasteiger partial charge in [0.05, 0.1) is 0 Å². The predicted molar refractivity (Wildman–Crippen MR) is 105 cm³/mol. The summed E-state index contributed by atoms with van der Waals surface area (Å²) in [5, 5.41) is 2.98. The van der Waals surface area contributed by atoms with Crippen LogP contribution >= 0.6 is 0 Å². The third-order valence-electron chi connectivity index (χ3n) is 5.99. The molecule has 0 spiro atoms. The minimum atomic E-state index is 0.0153. The van der Waals surface area contributed by atoms with Crippen LogP contribution in [0, 0.1) is 11.8 Å². The van der Waals surface area contributed by atoms with Crippen LogP contribution in [-0.2, 0) is 9.59 Å². The fraction of sp³-hybridized carbons (Fsp3) is 0.636. The molecular weight excluding hydrogens is 324 g/mol. The molecule has 0 atom stereocenters. The van der Waals surface area contributed by atoms with E-state index in [1.165, 1.54) is 38.5 Å². The third kappa shape index (κ3) is 5.58. The van der Waals surface area contributed by atoms with Gasteiger partial charge >= 0.3 is 0 Å². The van der Waals surface area contributed by atoms with Gasteiger partial charge in [-0.1, -0.05) is 50.3 Å². The van der Waals surface area contributed by atoms with Crippen LogP contribution in [0.3, 0.4) is 0 Å². The summed E-state index contributed by atoms with van der Waals surface area (Å²) < 4.78 is 0. The first-order valence-corrected chi connectivity index (χ1v) is 10.4. The molecular formula is C22H32N2O2. The number of hydrogen-bond donors (Lipinski definition) is 1. The molecule has 26 heavy (non-hydrogen) atoms. The Morgan fingerprint density at radius 3 is 2.35 bits per heavy atom. The summed E-state index contributed by atoms with van der Waals surface area (Å²) in [6.45, 7) is 1.43. The van der Waals surface area contributed by atoms with Gasteiger partial charge in [-0.15, -0.1) is 0 Å². The molecule has 142 valence electrons. The number of piperidine rings is 1. The molecule has 1 N–H and O–H groups in total. The molecule has 0 aromatic heterocycles. The van der Waals surface area contributed by atoms with Crippen molar-refractivity contribution in [1.29, 1.82) is 0 Å². The van der Waals surface area contributed by atoms with Gasteiger partial charge in [-0.25, -0.2) is 0 Å². The lowest BCUT2D eigenvalue weighted by molar-refractivity contribution is -0.134. The maximum atomic E-state index is 12.4. The number of para-hydroxylation sites is 1. The van der Waals surface area contributed by atoms with Gasteiger partial charge in [0.15, 0.2) is 0 Å². The van der Waals surface area contributed by atoms with E-state index in [2.05, 4.69) is 5.32 Å². The molecule has 3 rings (SSSR count). The summed E-state index contributed by atoms with van der Waals surface area (Å²) in [6.07, 6.45) is 11.3. The van der Waals surface area contributed by atoms with Crippen LogP contribution in [0.15, 0.2) is 30.3 Å². The van der Waals surface area contributed by atoms with Gasteiger partial charge < -0.3 is 10.2 Å². The summed E-state index contributed by atoms with van der Waals surface area (Å²) in [7, 11) is 0. The highest BCUT2D eigenvalue weighted by Gasteiger charge is 2.27. The predicted octanol–water partition coefficient (Wildman–Crippen LogP) is 4.61. The first kappa shape index (κ1) is 18.9. The largest absolute Gasteiger partial charge is 0.343 e. The lowest BCUT2D eigenvalue weighted by Gasteiger charge is -2.31. The molecule has 1 heterocycles. The molecule has 2 amide bonds. The second-order valence-corrected chi connectivity index (χ2v) is 7.91. The van der Waals surface area contributed by atoms with Crippen LogP contribution in [-0.4, -0.2) is 29.8 Å². The molecule has 0 unspecified atom stereocenters. The van der Waals surface area contributed by atoms with Crippen molar-refractivity contribution in [3.63, 3.8) is 0 Å². The number of rotatable bonds is 6. The number of carbonyl (C=O) groups excluding carboxylic acids is 2. The summed E-state index contributed by atoms with van der Waals surface area (Å²) >= 11 is 0. The standard InChI is InChI=1S/C22H32N2O2/c25-21(13-7-10-18-8-3-1-4-9-18)24-16-14-19(15-17-24)22(26)23-20-11-5-2-6-12-20/h2,5-6,11-12,18-19H,1,3-4,7-10,13-17H2,(H,23,26). The van der Waals surface area contributed by atoms with Crippen molar-refractivity contribution in [3.8, 4) is 0 Å². The Labute approximate surface area is 157 Å². The molecule has 1 aromatic rings. The maximum absolute atomic E-state index is 12.4. The number of likely N-dealkylation sites (tertiary alicyclic amines) is 1. The molecule has 0 radical (unpaired) electrons. The highest BCUT2D eigenvalue weighted by Crippen LogP contribution is 2.28. The fourth-order valence-electron chi connectivity index (χ4n) is 4.33. The number of hydrogen-bond acceptors (Lipinski definition) is 2. The summed E-state index contributed by atoms with van der Waals surface area (Å²) in [5.74, 6) is 1.23. The Hall–Kier alpha value is -1.84. The Morgan fingerprint density at radius 2 is 1.65 bits per heavy atom. The van der Waals surface area contributed by atoms with Gasteiger partial charge in [-0.05, 0) is 43.7 Å². The first-order valence-electron chi connectivity index (χ1n) is 10.4. The topological polar surface area (TPSA) is 49.4 Å². The van der Waals surface area contributed by atoms with E-state index in [1.807, 2.05) is 35.2 Å². The zero-order valence-electron chi connectivity index (χ0n) is 15.8. The van der Waals surface area contributed by atoms with Gasteiger partial charge in [0.2, 0.25) is 11.8 Å². The third-order valence-corrected chi connectivity index (χ3v) is 5.99. The second-order valence-electron chi connectivity index (χ2n) is 7.91. The van der Waals surface area contributed by atoms with E-state index in [1.54, 1.807) is 0 Å². The van der Waals surface area contributed by atoms with E-state index in [-0.39, 0.29) is 17.7 Å². The molecule has 1 aliphatic carbocycles. The molecule has 1 saturated heterocycles. The molecule has 4 nitrogen and oxygen atoms in total. The van der Waals surface area contributed by atoms with Crippen molar-refractivity contribution in [2.24, 2.45) is 11.8 Å². The SMILES string of the molecule is O=C(Nc1ccccc1)C1CCN(C(=O)CCCC2CCCCC2)CC1. The zero-order valence-corrected chi connectivity index (χ0v) is 15.8. The van der Waals surface area contributed by atoms with E-state index >= 15 is 0 Å². The Balaban J connectivity index is 1.34. The summed E-state index contributed by atoms with van der Waals surface area (Å²) in [6, 6.07) is 9.59. The van der Waals surface area contributed by atoms with Crippen LogP contribution in [0.2, 0.25) is 0 Å². The lowest BCUT2D eigenvalue weighted by atomic mass is 9.86. The highest BCUT2D eigenvalue weighted by molar-refractivity contribution is 5.92. The van der Waals surface area contributed by atoms with E-state index < -0.39 is 0 Å². The zero-order chi connectivity index (χ0) is 18.2. The van der Waals surface area contributed by atoms with Crippen molar-refractivity contribution in [3.05, 3.63) is 30.3 Å². The Bertz CT molecular complexity index is 573. The molecule has 2 fully saturated rings. The van der Waals surface area contributed by atoms with E-state index in [0.29, 0.717) is 6.42 Å². The number of anilines is 1. The molecule has 4 heteroatoms. The van der Waals surface area contributed by atoms with Crippen molar-refractivity contribution < 1.29 is 9.59 Å². The number of carbonyl (C=O) groups is 2. The highest BCUT2D eigenvalue weighted by atomic mass is 16.2. The Morgan fingerprint density at radius 1 is 0.962 bits per heavy atom. The summed E-state index contributed by atoms with van der Waals surface area (Å²) in [4.78, 5) is 26.8. The van der Waals surface area contributed by atoms with Crippen LogP contribution in [0.4, 0.5) is 5.69 Å². The van der Waals surface area contributed by atoms with Crippen LogP contribution in [0.25, 0.3) is 0 Å². The van der Waals surface area contributed by atoms with Gasteiger partial charge in [-0.2, -0.15) is 0 Å². The normalized spacial score (nSPS) is 19.3. The van der Waals surface area contributed by atoms with Crippen molar-refractivity contribution in [2.45, 2.75) is 64.2 Å². The summed E-state index contributed by atoms with van der Waals surface area (Å²) in [5.41, 5.74) is 0.846. The van der Waals surface area contributed by atoms with Gasteiger partial charge in [0, 0.05) is 31.1 Å². The van der Waals surface area contributed by atoms with Crippen LogP contribution < -0.4 is 5.32 Å². The van der Waals surface area contributed by atoms with Gasteiger partial charge in [0.25, 0.3) is 0 Å². The molecule has 2 aliphatic rings. The van der Waals surface area contributed by atoms with E-state index in [0.717, 1.165) is 44.0 Å². The van der Waals surface area contributed by atoms with Crippen molar-refractivity contribution in [1.82, 2.24) is 4.90 Å². The first-order chi connectivity index (χ1) is 12.7. The number of nitrogens with zero attached hydrogens (tertiary/aromatic N) is 1. The second kappa shape index (κ2) is 9.75. The molecule has 1 aliphatic heterocycles. The molecule has 1 saturated carbocycles. The van der Waals surface area contributed by atoms with Crippen molar-refractivity contribution >= 4 is 17.5 Å². The lowest BCUT2D eigenvalue weighted by Crippen LogP contribution is -2.41. The Kier molecular flexibility index (Phi) is 7.10. The number of benzene rings is 1. The van der Waals surface area contributed by atoms with Crippen LogP contribution in [0.1, 0.15) is 64.2 Å². The average molecular weight is 357 g/mol. The number of amides is 2. The van der Waals surface area contributed by atoms with Crippen LogP contribution in [0.5, 0.6) is 0 Å². The van der Waals surface area contributed by atoms with E-state index in [9.17, 15) is 9.59 Å². The average Bonchev–Trinajstić information content (AvgIpc) is 2.69. The molecule has 1 aromatic carbocycles. The maximum Gasteiger partial charge on any atom is 0.227 e. The minimum absolute atomic E-state index is 0.0153. The van der Waals surface area contributed by atoms with E-state index in [4.69, 9.17) is 0 Å². The van der Waals surface area contributed by atoms with Gasteiger partial charge in [-0.3, -0.25) is 9.59 Å². The smallest absolute Gasteiger partial charge is 0.227 e.